The molecule has 0 atom stereocenters. The fourth-order valence-corrected chi connectivity index (χ4v) is 3.66. The standard InChI is InChI=1S/C22H29N/c1-2-19-11-13-22(14-12-19)23-17-15-21(16-18-23)10-6-9-20-7-4-3-5-8-20/h3-5,7-8,11-14,21H,2,6,9-10,15-18H2,1H3. The van der Waals surface area contributed by atoms with E-state index in [-0.39, 0.29) is 0 Å². The van der Waals surface area contributed by atoms with E-state index in [1.165, 1.54) is 62.0 Å². The van der Waals surface area contributed by atoms with E-state index in [4.69, 9.17) is 0 Å². The highest BCUT2D eigenvalue weighted by Gasteiger charge is 2.19. The third-order valence-corrected chi connectivity index (χ3v) is 5.24. The molecule has 0 radical (unpaired) electrons. The number of hydrogen-bond donors (Lipinski definition) is 0. The Morgan fingerprint density at radius 1 is 0.870 bits per heavy atom. The van der Waals surface area contributed by atoms with Crippen molar-refractivity contribution in [2.45, 2.75) is 45.4 Å². The van der Waals surface area contributed by atoms with Crippen LogP contribution in [0.15, 0.2) is 54.6 Å². The molecule has 0 N–H and O–H groups in total. The highest BCUT2D eigenvalue weighted by molar-refractivity contribution is 5.47. The summed E-state index contributed by atoms with van der Waals surface area (Å²) in [6.45, 7) is 4.67. The van der Waals surface area contributed by atoms with Crippen molar-refractivity contribution < 1.29 is 0 Å². The zero-order valence-electron chi connectivity index (χ0n) is 14.4. The zero-order valence-corrected chi connectivity index (χ0v) is 14.4. The third-order valence-electron chi connectivity index (χ3n) is 5.24. The quantitative estimate of drug-likeness (QED) is 0.682. The molecule has 1 fully saturated rings. The highest BCUT2D eigenvalue weighted by Crippen LogP contribution is 2.26. The molecule has 23 heavy (non-hydrogen) atoms. The number of nitrogens with zero attached hydrogens (tertiary/aromatic N) is 1. The number of benzene rings is 2. The van der Waals surface area contributed by atoms with Crippen LogP contribution in [-0.2, 0) is 12.8 Å². The van der Waals surface area contributed by atoms with Crippen molar-refractivity contribution in [1.82, 2.24) is 0 Å². The van der Waals surface area contributed by atoms with Crippen LogP contribution < -0.4 is 4.90 Å². The van der Waals surface area contributed by atoms with Gasteiger partial charge < -0.3 is 4.90 Å². The average Bonchev–Trinajstić information content (AvgIpc) is 2.63. The first-order valence-electron chi connectivity index (χ1n) is 9.23. The third kappa shape index (κ3) is 4.60. The van der Waals surface area contributed by atoms with Crippen LogP contribution in [-0.4, -0.2) is 13.1 Å². The van der Waals surface area contributed by atoms with Crippen molar-refractivity contribution in [3.8, 4) is 0 Å². The Labute approximate surface area is 141 Å². The molecule has 2 aromatic carbocycles. The van der Waals surface area contributed by atoms with Gasteiger partial charge >= 0.3 is 0 Å². The molecule has 0 amide bonds. The van der Waals surface area contributed by atoms with E-state index >= 15 is 0 Å². The van der Waals surface area contributed by atoms with Gasteiger partial charge in [-0.15, -0.1) is 0 Å². The molecular formula is C22H29N. The molecule has 0 bridgehead atoms. The lowest BCUT2D eigenvalue weighted by molar-refractivity contribution is 0.373. The van der Waals surface area contributed by atoms with Gasteiger partial charge in [-0.3, -0.25) is 0 Å². The van der Waals surface area contributed by atoms with Crippen LogP contribution in [0.5, 0.6) is 0 Å². The summed E-state index contributed by atoms with van der Waals surface area (Å²) < 4.78 is 0. The Hall–Kier alpha value is -1.76. The summed E-state index contributed by atoms with van der Waals surface area (Å²) >= 11 is 0. The van der Waals surface area contributed by atoms with E-state index in [1.807, 2.05) is 0 Å². The molecule has 0 aromatic heterocycles. The minimum absolute atomic E-state index is 0.921. The number of hydrogen-bond acceptors (Lipinski definition) is 1. The molecule has 2 aromatic rings. The Morgan fingerprint density at radius 2 is 1.57 bits per heavy atom. The van der Waals surface area contributed by atoms with Gasteiger partial charge in [-0.2, -0.15) is 0 Å². The van der Waals surface area contributed by atoms with Gasteiger partial charge in [-0.1, -0.05) is 49.4 Å². The molecule has 1 saturated heterocycles. The fraction of sp³-hybridized carbons (Fsp3) is 0.455. The van der Waals surface area contributed by atoms with E-state index < -0.39 is 0 Å². The highest BCUT2D eigenvalue weighted by atomic mass is 15.1. The number of rotatable bonds is 6. The van der Waals surface area contributed by atoms with Crippen LogP contribution in [0.4, 0.5) is 5.69 Å². The van der Waals surface area contributed by atoms with Gasteiger partial charge in [-0.25, -0.2) is 0 Å². The second kappa shape index (κ2) is 8.19. The lowest BCUT2D eigenvalue weighted by Crippen LogP contribution is -2.33. The first kappa shape index (κ1) is 16.1. The summed E-state index contributed by atoms with van der Waals surface area (Å²) in [5, 5.41) is 0. The van der Waals surface area contributed by atoms with Crippen molar-refractivity contribution in [1.29, 1.82) is 0 Å². The van der Waals surface area contributed by atoms with Crippen LogP contribution >= 0.6 is 0 Å². The normalized spacial score (nSPS) is 15.8. The van der Waals surface area contributed by atoms with Crippen LogP contribution in [0.3, 0.4) is 0 Å². The van der Waals surface area contributed by atoms with Crippen molar-refractivity contribution >= 4 is 5.69 Å². The van der Waals surface area contributed by atoms with E-state index in [1.54, 1.807) is 0 Å². The minimum Gasteiger partial charge on any atom is -0.372 e. The largest absolute Gasteiger partial charge is 0.372 e. The van der Waals surface area contributed by atoms with Crippen LogP contribution in [0.1, 0.15) is 43.7 Å². The number of aryl methyl sites for hydroxylation is 2. The molecule has 122 valence electrons. The second-order valence-corrected chi connectivity index (χ2v) is 6.83. The lowest BCUT2D eigenvalue weighted by atomic mass is 9.90. The summed E-state index contributed by atoms with van der Waals surface area (Å²) in [5.74, 6) is 0.921. The monoisotopic (exact) mass is 307 g/mol. The summed E-state index contributed by atoms with van der Waals surface area (Å²) in [5.41, 5.74) is 4.33. The van der Waals surface area contributed by atoms with E-state index in [9.17, 15) is 0 Å². The maximum absolute atomic E-state index is 2.56. The molecule has 0 aliphatic carbocycles. The van der Waals surface area contributed by atoms with E-state index in [0.717, 1.165) is 12.3 Å². The molecular weight excluding hydrogens is 278 g/mol. The van der Waals surface area contributed by atoms with E-state index in [2.05, 4.69) is 66.4 Å². The van der Waals surface area contributed by atoms with Gasteiger partial charge in [0.15, 0.2) is 0 Å². The second-order valence-electron chi connectivity index (χ2n) is 6.83. The van der Waals surface area contributed by atoms with Gasteiger partial charge in [-0.05, 0) is 67.7 Å². The smallest absolute Gasteiger partial charge is 0.0366 e. The summed E-state index contributed by atoms with van der Waals surface area (Å²) in [6, 6.07) is 20.1. The van der Waals surface area contributed by atoms with Crippen LogP contribution in [0.25, 0.3) is 0 Å². The molecule has 0 saturated carbocycles. The summed E-state index contributed by atoms with van der Waals surface area (Å²) in [4.78, 5) is 2.56. The average molecular weight is 307 g/mol. The van der Waals surface area contributed by atoms with Gasteiger partial charge in [0.2, 0.25) is 0 Å². The van der Waals surface area contributed by atoms with Gasteiger partial charge in [0.1, 0.15) is 0 Å². The molecule has 1 nitrogen and oxygen atoms in total. The SMILES string of the molecule is CCc1ccc(N2CCC(CCCc3ccccc3)CC2)cc1. The first-order valence-corrected chi connectivity index (χ1v) is 9.23. The Balaban J connectivity index is 1.41. The van der Waals surface area contributed by atoms with Gasteiger partial charge in [0.05, 0.1) is 0 Å². The number of piperidine rings is 1. The van der Waals surface area contributed by atoms with Crippen LogP contribution in [0, 0.1) is 5.92 Å². The van der Waals surface area contributed by atoms with Crippen molar-refractivity contribution in [2.24, 2.45) is 5.92 Å². The zero-order chi connectivity index (χ0) is 15.9. The van der Waals surface area contributed by atoms with Crippen molar-refractivity contribution in [3.63, 3.8) is 0 Å². The first-order chi connectivity index (χ1) is 11.3. The Morgan fingerprint density at radius 3 is 2.22 bits per heavy atom. The van der Waals surface area contributed by atoms with Crippen molar-refractivity contribution in [3.05, 3.63) is 65.7 Å². The predicted molar refractivity (Wildman–Crippen MR) is 100 cm³/mol. The summed E-state index contributed by atoms with van der Waals surface area (Å²) in [6.07, 6.45) is 7.79. The molecule has 1 aliphatic rings. The van der Waals surface area contributed by atoms with E-state index in [0.29, 0.717) is 0 Å². The molecule has 1 heteroatoms. The number of anilines is 1. The Kier molecular flexibility index (Phi) is 5.74. The minimum atomic E-state index is 0.921. The topological polar surface area (TPSA) is 3.24 Å². The van der Waals surface area contributed by atoms with Gasteiger partial charge in [0.25, 0.3) is 0 Å². The summed E-state index contributed by atoms with van der Waals surface area (Å²) in [7, 11) is 0. The Bertz CT molecular complexity index is 565. The maximum atomic E-state index is 2.56. The predicted octanol–water partition coefficient (Wildman–Crippen LogP) is 5.49. The molecule has 0 unspecified atom stereocenters. The lowest BCUT2D eigenvalue weighted by Gasteiger charge is -2.33. The molecule has 3 rings (SSSR count). The molecule has 1 heterocycles. The fourth-order valence-electron chi connectivity index (χ4n) is 3.66. The van der Waals surface area contributed by atoms with Crippen LogP contribution in [0.2, 0.25) is 0 Å². The van der Waals surface area contributed by atoms with Crippen molar-refractivity contribution in [2.75, 3.05) is 18.0 Å². The molecule has 0 spiro atoms. The molecule has 1 aliphatic heterocycles. The maximum Gasteiger partial charge on any atom is 0.0366 e. The van der Waals surface area contributed by atoms with Gasteiger partial charge in [0, 0.05) is 18.8 Å².